The Morgan fingerprint density at radius 2 is 2.14 bits per heavy atom. The maximum Gasteiger partial charge on any atom is 0.240 e. The van der Waals surface area contributed by atoms with Gasteiger partial charge >= 0.3 is 0 Å². The van der Waals surface area contributed by atoms with Gasteiger partial charge in [-0.15, -0.1) is 0 Å². The van der Waals surface area contributed by atoms with Crippen LogP contribution in [0.4, 0.5) is 0 Å². The Balaban J connectivity index is 1.72. The molecule has 0 amide bonds. The normalized spacial score (nSPS) is 23.3. The molecule has 5 heteroatoms. The molecule has 1 N–H and O–H groups in total. The van der Waals surface area contributed by atoms with Gasteiger partial charge in [-0.3, -0.25) is 4.90 Å². The van der Waals surface area contributed by atoms with Crippen LogP contribution in [0.15, 0.2) is 34.9 Å². The van der Waals surface area contributed by atoms with E-state index < -0.39 is 0 Å². The zero-order chi connectivity index (χ0) is 14.7. The molecule has 1 aliphatic rings. The highest BCUT2D eigenvalue weighted by molar-refractivity contribution is 5.20. The lowest BCUT2D eigenvalue weighted by Gasteiger charge is -2.39. The minimum absolute atomic E-state index is 0.359. The highest BCUT2D eigenvalue weighted by Gasteiger charge is 2.28. The second-order valence-electron chi connectivity index (χ2n) is 5.60. The van der Waals surface area contributed by atoms with Crippen LogP contribution in [-0.4, -0.2) is 34.2 Å². The molecular formula is C16H22N4O. The molecule has 2 unspecified atom stereocenters. The van der Waals surface area contributed by atoms with Crippen molar-refractivity contribution in [1.29, 1.82) is 0 Å². The van der Waals surface area contributed by atoms with Gasteiger partial charge in [0.05, 0.1) is 6.54 Å². The van der Waals surface area contributed by atoms with Gasteiger partial charge in [0, 0.05) is 25.2 Å². The fourth-order valence-corrected chi connectivity index (χ4v) is 2.94. The highest BCUT2D eigenvalue weighted by Crippen LogP contribution is 2.22. The van der Waals surface area contributed by atoms with E-state index in [0.717, 1.165) is 26.1 Å². The van der Waals surface area contributed by atoms with Crippen LogP contribution in [0.5, 0.6) is 0 Å². The number of aryl methyl sites for hydroxylation is 1. The summed E-state index contributed by atoms with van der Waals surface area (Å²) >= 11 is 0. The maximum atomic E-state index is 5.28. The summed E-state index contributed by atoms with van der Waals surface area (Å²) in [5.41, 5.74) is 1.33. The summed E-state index contributed by atoms with van der Waals surface area (Å²) in [4.78, 5) is 6.78. The summed E-state index contributed by atoms with van der Waals surface area (Å²) in [6.07, 6.45) is 1.11. The first-order valence-corrected chi connectivity index (χ1v) is 7.58. The Hall–Kier alpha value is -1.72. The van der Waals surface area contributed by atoms with Crippen molar-refractivity contribution in [1.82, 2.24) is 20.4 Å². The SMILES string of the molecule is CCC1CNC(c2ccccc2)CN1Cc1nc(C)no1. The monoisotopic (exact) mass is 286 g/mol. The van der Waals surface area contributed by atoms with Gasteiger partial charge in [0.2, 0.25) is 5.89 Å². The topological polar surface area (TPSA) is 54.2 Å². The van der Waals surface area contributed by atoms with E-state index in [1.54, 1.807) is 0 Å². The Morgan fingerprint density at radius 1 is 1.33 bits per heavy atom. The number of hydrogen-bond donors (Lipinski definition) is 1. The van der Waals surface area contributed by atoms with Crippen LogP contribution < -0.4 is 5.32 Å². The highest BCUT2D eigenvalue weighted by atomic mass is 16.5. The summed E-state index contributed by atoms with van der Waals surface area (Å²) in [7, 11) is 0. The second-order valence-corrected chi connectivity index (χ2v) is 5.60. The van der Waals surface area contributed by atoms with Crippen LogP contribution in [0.2, 0.25) is 0 Å². The fraction of sp³-hybridized carbons (Fsp3) is 0.500. The van der Waals surface area contributed by atoms with Crippen LogP contribution in [0, 0.1) is 6.92 Å². The zero-order valence-electron chi connectivity index (χ0n) is 12.6. The van der Waals surface area contributed by atoms with Gasteiger partial charge in [-0.2, -0.15) is 4.98 Å². The van der Waals surface area contributed by atoms with Crippen molar-refractivity contribution in [2.75, 3.05) is 13.1 Å². The molecule has 0 spiro atoms. The number of rotatable bonds is 4. The minimum Gasteiger partial charge on any atom is -0.338 e. The summed E-state index contributed by atoms with van der Waals surface area (Å²) < 4.78 is 5.28. The number of hydrogen-bond acceptors (Lipinski definition) is 5. The molecule has 0 bridgehead atoms. The summed E-state index contributed by atoms with van der Waals surface area (Å²) in [6.45, 7) is 6.76. The van der Waals surface area contributed by atoms with Crippen molar-refractivity contribution in [3.8, 4) is 0 Å². The number of nitrogens with one attached hydrogen (secondary N) is 1. The lowest BCUT2D eigenvalue weighted by molar-refractivity contribution is 0.105. The Bertz CT molecular complexity index is 569. The second kappa shape index (κ2) is 6.37. The molecule has 21 heavy (non-hydrogen) atoms. The lowest BCUT2D eigenvalue weighted by atomic mass is 10.0. The quantitative estimate of drug-likeness (QED) is 0.934. The van der Waals surface area contributed by atoms with Gasteiger partial charge in [-0.05, 0) is 18.9 Å². The van der Waals surface area contributed by atoms with Crippen LogP contribution in [0.1, 0.15) is 36.7 Å². The summed E-state index contributed by atoms with van der Waals surface area (Å²) in [6, 6.07) is 11.5. The van der Waals surface area contributed by atoms with E-state index in [-0.39, 0.29) is 0 Å². The number of nitrogens with zero attached hydrogens (tertiary/aromatic N) is 3. The molecule has 0 aliphatic carbocycles. The van der Waals surface area contributed by atoms with Crippen molar-refractivity contribution in [2.24, 2.45) is 0 Å². The zero-order valence-corrected chi connectivity index (χ0v) is 12.6. The van der Waals surface area contributed by atoms with E-state index in [1.807, 2.05) is 6.92 Å². The first-order chi connectivity index (χ1) is 10.3. The van der Waals surface area contributed by atoms with E-state index in [1.165, 1.54) is 5.56 Å². The molecule has 0 radical (unpaired) electrons. The third kappa shape index (κ3) is 3.31. The minimum atomic E-state index is 0.359. The first-order valence-electron chi connectivity index (χ1n) is 7.58. The van der Waals surface area contributed by atoms with Crippen LogP contribution in [0.25, 0.3) is 0 Å². The molecule has 1 aromatic heterocycles. The average molecular weight is 286 g/mol. The molecule has 2 aromatic rings. The summed E-state index contributed by atoms with van der Waals surface area (Å²) in [5, 5.41) is 7.53. The average Bonchev–Trinajstić information content (AvgIpc) is 2.93. The Labute approximate surface area is 125 Å². The van der Waals surface area contributed by atoms with Gasteiger partial charge in [-0.25, -0.2) is 0 Å². The third-order valence-corrected chi connectivity index (χ3v) is 4.11. The van der Waals surface area contributed by atoms with Crippen molar-refractivity contribution in [3.63, 3.8) is 0 Å². The molecule has 1 fully saturated rings. The standard InChI is InChI=1S/C16H22N4O/c1-3-14-9-17-15(13-7-5-4-6-8-13)10-20(14)11-16-18-12(2)19-21-16/h4-8,14-15,17H,3,9-11H2,1-2H3. The maximum absolute atomic E-state index is 5.28. The van der Waals surface area contributed by atoms with E-state index in [0.29, 0.717) is 23.8 Å². The molecule has 2 heterocycles. The van der Waals surface area contributed by atoms with Crippen LogP contribution in [0.3, 0.4) is 0 Å². The van der Waals surface area contributed by atoms with E-state index in [2.05, 4.69) is 57.6 Å². The van der Waals surface area contributed by atoms with E-state index in [9.17, 15) is 0 Å². The molecule has 112 valence electrons. The lowest BCUT2D eigenvalue weighted by Crippen LogP contribution is -2.51. The molecule has 2 atom stereocenters. The van der Waals surface area contributed by atoms with Gasteiger partial charge < -0.3 is 9.84 Å². The smallest absolute Gasteiger partial charge is 0.240 e. The van der Waals surface area contributed by atoms with Gasteiger partial charge in [0.15, 0.2) is 5.82 Å². The van der Waals surface area contributed by atoms with Gasteiger partial charge in [0.1, 0.15) is 0 Å². The fourth-order valence-electron chi connectivity index (χ4n) is 2.94. The van der Waals surface area contributed by atoms with E-state index >= 15 is 0 Å². The Kier molecular flexibility index (Phi) is 4.31. The molecule has 1 saturated heterocycles. The predicted octanol–water partition coefficient (Wildman–Crippen LogP) is 2.30. The Morgan fingerprint density at radius 3 is 2.81 bits per heavy atom. The molecule has 1 aromatic carbocycles. The number of aromatic nitrogens is 2. The van der Waals surface area contributed by atoms with Crippen molar-refractivity contribution in [3.05, 3.63) is 47.6 Å². The van der Waals surface area contributed by atoms with Crippen molar-refractivity contribution >= 4 is 0 Å². The van der Waals surface area contributed by atoms with Gasteiger partial charge in [0.25, 0.3) is 0 Å². The summed E-state index contributed by atoms with van der Waals surface area (Å²) in [5.74, 6) is 1.41. The molecule has 0 saturated carbocycles. The van der Waals surface area contributed by atoms with Gasteiger partial charge in [-0.1, -0.05) is 42.4 Å². The van der Waals surface area contributed by atoms with Crippen LogP contribution >= 0.6 is 0 Å². The van der Waals surface area contributed by atoms with E-state index in [4.69, 9.17) is 4.52 Å². The van der Waals surface area contributed by atoms with Crippen molar-refractivity contribution in [2.45, 2.75) is 38.9 Å². The largest absolute Gasteiger partial charge is 0.338 e. The first kappa shape index (κ1) is 14.2. The molecule has 3 rings (SSSR count). The van der Waals surface area contributed by atoms with Crippen molar-refractivity contribution < 1.29 is 4.52 Å². The molecule has 1 aliphatic heterocycles. The number of benzene rings is 1. The predicted molar refractivity (Wildman–Crippen MR) is 80.7 cm³/mol. The molecule has 5 nitrogen and oxygen atoms in total. The molecular weight excluding hydrogens is 264 g/mol. The van der Waals surface area contributed by atoms with Crippen LogP contribution in [-0.2, 0) is 6.54 Å². The third-order valence-electron chi connectivity index (χ3n) is 4.11. The number of piperazine rings is 1.